The smallest absolute Gasteiger partial charge is 0.258 e. The number of aromatic nitrogens is 1. The highest BCUT2D eigenvalue weighted by atomic mass is 35.5. The number of carbonyl (C=O) groups excluding carboxylic acids is 2. The van der Waals surface area contributed by atoms with Crippen LogP contribution in [0.2, 0.25) is 5.02 Å². The van der Waals surface area contributed by atoms with E-state index in [0.29, 0.717) is 10.7 Å². The Morgan fingerprint density at radius 2 is 1.87 bits per heavy atom. The van der Waals surface area contributed by atoms with Gasteiger partial charge in [0, 0.05) is 54.4 Å². The maximum Gasteiger partial charge on any atom is 0.258 e. The number of aryl methyl sites for hydroxylation is 1. The molecule has 0 radical (unpaired) electrons. The molecule has 45 heavy (non-hydrogen) atoms. The third kappa shape index (κ3) is 6.86. The second-order valence-electron chi connectivity index (χ2n) is 11.6. The highest BCUT2D eigenvalue weighted by Crippen LogP contribution is 2.31. The molecule has 12 heteroatoms. The summed E-state index contributed by atoms with van der Waals surface area (Å²) in [5.41, 5.74) is 2.53. The molecule has 1 aliphatic heterocycles. The molecule has 0 bridgehead atoms. The van der Waals surface area contributed by atoms with Crippen molar-refractivity contribution in [2.45, 2.75) is 37.3 Å². The molecule has 0 fully saturated rings. The van der Waals surface area contributed by atoms with E-state index in [9.17, 15) is 23.1 Å². The van der Waals surface area contributed by atoms with E-state index in [1.807, 2.05) is 49.0 Å². The Bertz CT molecular complexity index is 1820. The quantitative estimate of drug-likeness (QED) is 0.274. The van der Waals surface area contributed by atoms with Crippen molar-refractivity contribution >= 4 is 50.0 Å². The molecule has 1 aliphatic rings. The lowest BCUT2D eigenvalue weighted by atomic mass is 9.99. The van der Waals surface area contributed by atoms with Gasteiger partial charge in [-0.25, -0.2) is 8.42 Å². The monoisotopic (exact) mass is 652 g/mol. The van der Waals surface area contributed by atoms with Crippen molar-refractivity contribution in [3.05, 3.63) is 89.1 Å². The number of likely N-dealkylation sites (N-methyl/N-ethyl adjacent to an activating group) is 1. The number of benzene rings is 3. The second-order valence-corrected chi connectivity index (χ2v) is 14.1. The number of nitrogens with one attached hydrogen (secondary N) is 1. The van der Waals surface area contributed by atoms with Gasteiger partial charge >= 0.3 is 0 Å². The minimum absolute atomic E-state index is 0.00459. The van der Waals surface area contributed by atoms with Gasteiger partial charge in [0.25, 0.3) is 5.91 Å². The number of halogens is 1. The predicted molar refractivity (Wildman–Crippen MR) is 174 cm³/mol. The van der Waals surface area contributed by atoms with Crippen LogP contribution in [-0.4, -0.2) is 78.0 Å². The van der Waals surface area contributed by atoms with Crippen LogP contribution in [0.5, 0.6) is 5.75 Å². The van der Waals surface area contributed by atoms with E-state index in [1.165, 1.54) is 35.6 Å². The van der Waals surface area contributed by atoms with Gasteiger partial charge in [-0.05, 0) is 61.0 Å². The van der Waals surface area contributed by atoms with Gasteiger partial charge < -0.3 is 24.6 Å². The van der Waals surface area contributed by atoms with Gasteiger partial charge in [-0.1, -0.05) is 36.7 Å². The fourth-order valence-corrected chi connectivity index (χ4v) is 6.91. The standard InChI is InChI=1S/C33H37ClN4O6S/c1-21-17-38(22(2)20-39)33(41)28-16-25(35-32(40)15-23-18-36(3)29-8-6-5-7-27(23)29)11-14-30(28)44-31(21)19-37(4)45(42,43)26-12-9-24(34)10-13-26/h5-14,16,18,21-22,31,39H,15,17,19-20H2,1-4H3,(H,35,40)/t21-,22-,31+/m1/s1. The summed E-state index contributed by atoms with van der Waals surface area (Å²) in [5.74, 6) is -0.633. The Balaban J connectivity index is 1.41. The number of ether oxygens (including phenoxy) is 1. The number of amides is 2. The maximum atomic E-state index is 13.8. The fraction of sp³-hybridized carbons (Fsp3) is 0.333. The highest BCUT2D eigenvalue weighted by Gasteiger charge is 2.35. The molecule has 10 nitrogen and oxygen atoms in total. The molecule has 0 spiro atoms. The average Bonchev–Trinajstić information content (AvgIpc) is 3.33. The van der Waals surface area contributed by atoms with Crippen LogP contribution in [-0.2, 0) is 28.3 Å². The van der Waals surface area contributed by atoms with Crippen molar-refractivity contribution in [2.24, 2.45) is 13.0 Å². The van der Waals surface area contributed by atoms with Crippen LogP contribution >= 0.6 is 11.6 Å². The molecule has 2 N–H and O–H groups in total. The van der Waals surface area contributed by atoms with Crippen LogP contribution in [0.4, 0.5) is 5.69 Å². The number of rotatable bonds is 9. The number of fused-ring (bicyclic) bond motifs is 2. The van der Waals surface area contributed by atoms with Crippen LogP contribution in [0.25, 0.3) is 10.9 Å². The van der Waals surface area contributed by atoms with Gasteiger partial charge in [-0.2, -0.15) is 4.31 Å². The number of hydrogen-bond acceptors (Lipinski definition) is 6. The summed E-state index contributed by atoms with van der Waals surface area (Å²) in [6, 6.07) is 18.1. The van der Waals surface area contributed by atoms with Crippen molar-refractivity contribution in [1.29, 1.82) is 0 Å². The topological polar surface area (TPSA) is 121 Å². The van der Waals surface area contributed by atoms with Crippen molar-refractivity contribution in [3.63, 3.8) is 0 Å². The highest BCUT2D eigenvalue weighted by molar-refractivity contribution is 7.89. The minimum atomic E-state index is -3.86. The third-order valence-corrected chi connectivity index (χ3v) is 10.3. The lowest BCUT2D eigenvalue weighted by Gasteiger charge is -2.38. The van der Waals surface area contributed by atoms with E-state index in [1.54, 1.807) is 30.0 Å². The van der Waals surface area contributed by atoms with E-state index in [-0.39, 0.29) is 60.1 Å². The van der Waals surface area contributed by atoms with Gasteiger partial charge in [0.15, 0.2) is 0 Å². The van der Waals surface area contributed by atoms with E-state index in [4.69, 9.17) is 16.3 Å². The van der Waals surface area contributed by atoms with Crippen LogP contribution in [0.15, 0.2) is 77.8 Å². The summed E-state index contributed by atoms with van der Waals surface area (Å²) >= 11 is 5.96. The zero-order valence-corrected chi connectivity index (χ0v) is 27.2. The molecule has 3 aromatic carbocycles. The summed E-state index contributed by atoms with van der Waals surface area (Å²) in [5, 5.41) is 14.3. The molecular formula is C33H37ClN4O6S. The number of carbonyl (C=O) groups is 2. The number of hydrogen-bond donors (Lipinski definition) is 2. The van der Waals surface area contributed by atoms with Gasteiger partial charge in [-0.3, -0.25) is 9.59 Å². The molecule has 1 aromatic heterocycles. The van der Waals surface area contributed by atoms with Crippen molar-refractivity contribution in [1.82, 2.24) is 13.8 Å². The van der Waals surface area contributed by atoms with Crippen molar-refractivity contribution in [3.8, 4) is 5.75 Å². The Hall–Kier alpha value is -3.90. The molecule has 238 valence electrons. The number of para-hydroxylation sites is 1. The van der Waals surface area contributed by atoms with E-state index < -0.39 is 22.2 Å². The second kappa shape index (κ2) is 13.2. The first kappa shape index (κ1) is 32.5. The van der Waals surface area contributed by atoms with Gasteiger partial charge in [0.2, 0.25) is 15.9 Å². The molecular weight excluding hydrogens is 616 g/mol. The normalized spacial score (nSPS) is 17.8. The Morgan fingerprint density at radius 3 is 2.58 bits per heavy atom. The van der Waals surface area contributed by atoms with Gasteiger partial charge in [0.05, 0.1) is 36.1 Å². The van der Waals surface area contributed by atoms with E-state index in [0.717, 1.165) is 16.5 Å². The summed E-state index contributed by atoms with van der Waals surface area (Å²) in [6.45, 7) is 3.59. The fourth-order valence-electron chi connectivity index (χ4n) is 5.60. The predicted octanol–water partition coefficient (Wildman–Crippen LogP) is 4.55. The zero-order chi connectivity index (χ0) is 32.5. The van der Waals surface area contributed by atoms with Crippen molar-refractivity contribution < 1.29 is 27.9 Å². The average molecular weight is 653 g/mol. The lowest BCUT2D eigenvalue weighted by Crippen LogP contribution is -2.50. The van der Waals surface area contributed by atoms with Gasteiger partial charge in [-0.15, -0.1) is 0 Å². The first-order chi connectivity index (χ1) is 21.4. The molecule has 3 atom stereocenters. The van der Waals surface area contributed by atoms with E-state index >= 15 is 0 Å². The summed E-state index contributed by atoms with van der Waals surface area (Å²) in [7, 11) is -0.443. The summed E-state index contributed by atoms with van der Waals surface area (Å²) < 4.78 is 36.2. The maximum absolute atomic E-state index is 13.8. The molecule has 2 heterocycles. The van der Waals surface area contributed by atoms with Crippen LogP contribution in [0, 0.1) is 5.92 Å². The number of anilines is 1. The Labute approximate surface area is 268 Å². The largest absolute Gasteiger partial charge is 0.488 e. The molecule has 2 amide bonds. The SMILES string of the molecule is C[C@@H]1CN([C@H](C)CO)C(=O)c2cc(NC(=O)Cc3cn(C)c4ccccc34)ccc2O[C@H]1CN(C)S(=O)(=O)c1ccc(Cl)cc1. The first-order valence-corrected chi connectivity index (χ1v) is 16.5. The minimum Gasteiger partial charge on any atom is -0.488 e. The van der Waals surface area contributed by atoms with Crippen LogP contribution < -0.4 is 10.1 Å². The van der Waals surface area contributed by atoms with Crippen molar-refractivity contribution in [2.75, 3.05) is 32.1 Å². The molecule has 0 unspecified atom stereocenters. The molecule has 0 saturated heterocycles. The Kier molecular flexibility index (Phi) is 9.54. The zero-order valence-electron chi connectivity index (χ0n) is 25.6. The molecule has 5 rings (SSSR count). The van der Waals surface area contributed by atoms with E-state index in [2.05, 4.69) is 5.32 Å². The van der Waals surface area contributed by atoms with Crippen LogP contribution in [0.3, 0.4) is 0 Å². The Morgan fingerprint density at radius 1 is 1.16 bits per heavy atom. The molecule has 0 aliphatic carbocycles. The molecule has 4 aromatic rings. The number of aliphatic hydroxyl groups excluding tert-OH is 1. The third-order valence-electron chi connectivity index (χ3n) is 8.24. The lowest BCUT2D eigenvalue weighted by molar-refractivity contribution is -0.115. The van der Waals surface area contributed by atoms with Crippen LogP contribution in [0.1, 0.15) is 29.8 Å². The summed E-state index contributed by atoms with van der Waals surface area (Å²) in [4.78, 5) is 28.6. The number of sulfonamides is 1. The van der Waals surface area contributed by atoms with Gasteiger partial charge in [0.1, 0.15) is 11.9 Å². The molecule has 0 saturated carbocycles. The summed E-state index contributed by atoms with van der Waals surface area (Å²) in [6.07, 6.45) is 1.44. The number of aliphatic hydroxyl groups is 1. The number of nitrogens with zero attached hydrogens (tertiary/aromatic N) is 3. The first-order valence-electron chi connectivity index (χ1n) is 14.7.